The molecule has 0 bridgehead atoms. The Morgan fingerprint density at radius 3 is 1.93 bits per heavy atom. The predicted molar refractivity (Wildman–Crippen MR) is 148 cm³/mol. The van der Waals surface area contributed by atoms with Gasteiger partial charge >= 0.3 is 0 Å². The van der Waals surface area contributed by atoms with Crippen LogP contribution >= 0.6 is 0 Å². The molecule has 8 atom stereocenters. The van der Waals surface area contributed by atoms with Gasteiger partial charge in [0.1, 0.15) is 23.7 Å². The molecule has 3 aromatic carbocycles. The van der Waals surface area contributed by atoms with Crippen LogP contribution in [0.1, 0.15) is 41.7 Å². The molecule has 242 valence electrons. The molecule has 5 rings (SSSR count). The number of rotatable bonds is 9. The number of benzene rings is 3. The lowest BCUT2D eigenvalue weighted by atomic mass is 9.69. The highest BCUT2D eigenvalue weighted by Crippen LogP contribution is 2.54. The van der Waals surface area contributed by atoms with E-state index in [1.165, 1.54) is 53.4 Å². The molecule has 1 saturated heterocycles. The van der Waals surface area contributed by atoms with Crippen LogP contribution in [0.4, 0.5) is 32.0 Å². The monoisotopic (exact) mass is 639 g/mol. The smallest absolute Gasteiger partial charge is 0.284 e. The number of hydrogen-bond donors (Lipinski definition) is 5. The fourth-order valence-corrected chi connectivity index (χ4v) is 6.38. The van der Waals surface area contributed by atoms with E-state index in [1.54, 1.807) is 0 Å². The van der Waals surface area contributed by atoms with E-state index in [9.17, 15) is 39.1 Å². The quantitative estimate of drug-likeness (QED) is 0.177. The Hall–Kier alpha value is -3.49. The Kier molecular flexibility index (Phi) is 9.04. The first-order valence-corrected chi connectivity index (χ1v) is 14.2. The third-order valence-electron chi connectivity index (χ3n) is 8.91. The summed E-state index contributed by atoms with van der Waals surface area (Å²) in [7, 11) is 0. The number of anilines is 1. The van der Waals surface area contributed by atoms with Crippen LogP contribution in [0.2, 0.25) is 0 Å². The first kappa shape index (κ1) is 32.9. The third-order valence-corrected chi connectivity index (χ3v) is 8.91. The van der Waals surface area contributed by atoms with Gasteiger partial charge in [0, 0.05) is 11.3 Å². The summed E-state index contributed by atoms with van der Waals surface area (Å²) in [5, 5.41) is 50.1. The zero-order valence-electron chi connectivity index (χ0n) is 23.5. The van der Waals surface area contributed by atoms with E-state index in [-0.39, 0.29) is 18.7 Å². The Morgan fingerprint density at radius 1 is 0.822 bits per heavy atom. The van der Waals surface area contributed by atoms with Crippen LogP contribution in [0.3, 0.4) is 0 Å². The maximum atomic E-state index is 15.7. The number of carbonyl (C=O) groups excluding carboxylic acids is 1. The first-order chi connectivity index (χ1) is 21.2. The van der Waals surface area contributed by atoms with Crippen LogP contribution in [0.25, 0.3) is 0 Å². The van der Waals surface area contributed by atoms with E-state index in [0.29, 0.717) is 16.8 Å². The molecule has 1 saturated carbocycles. The van der Waals surface area contributed by atoms with Crippen molar-refractivity contribution in [2.45, 2.75) is 55.1 Å². The molecule has 1 aliphatic carbocycles. The molecule has 0 radical (unpaired) electrons. The summed E-state index contributed by atoms with van der Waals surface area (Å²) in [5.74, 6) is -16.8. The van der Waals surface area contributed by atoms with Crippen LogP contribution in [-0.4, -0.2) is 62.3 Å². The maximum absolute atomic E-state index is 15.7. The van der Waals surface area contributed by atoms with Crippen LogP contribution < -0.4 is 4.90 Å². The van der Waals surface area contributed by atoms with Gasteiger partial charge in [0.05, 0.1) is 42.8 Å². The second-order valence-corrected chi connectivity index (χ2v) is 11.5. The van der Waals surface area contributed by atoms with Crippen molar-refractivity contribution in [1.82, 2.24) is 0 Å². The maximum Gasteiger partial charge on any atom is 0.284 e. The summed E-state index contributed by atoms with van der Waals surface area (Å²) in [4.78, 5) is 14.6. The van der Waals surface area contributed by atoms with Crippen LogP contribution in [0.5, 0.6) is 0 Å². The number of halogens is 6. The van der Waals surface area contributed by atoms with Crippen molar-refractivity contribution < 1.29 is 56.7 Å². The molecule has 1 amide bonds. The Bertz CT molecular complexity index is 1490. The number of nitrogens with zero attached hydrogens (tertiary/aromatic N) is 1. The number of aliphatic hydroxyl groups excluding tert-OH is 5. The molecular formula is C32H31F6NO6. The molecule has 0 unspecified atom stereocenters. The molecule has 45 heavy (non-hydrogen) atoms. The van der Waals surface area contributed by atoms with E-state index < -0.39 is 83.9 Å². The normalized spacial score (nSPS) is 28.9. The zero-order valence-corrected chi connectivity index (χ0v) is 23.5. The first-order valence-electron chi connectivity index (χ1n) is 14.2. The molecule has 2 aliphatic rings. The highest BCUT2D eigenvalue weighted by atomic mass is 19.3. The van der Waals surface area contributed by atoms with Crippen molar-refractivity contribution in [3.8, 4) is 0 Å². The van der Waals surface area contributed by atoms with Gasteiger partial charge in [-0.25, -0.2) is 26.3 Å². The number of hydrogen-bond acceptors (Lipinski definition) is 6. The van der Waals surface area contributed by atoms with Gasteiger partial charge in [0.2, 0.25) is 5.91 Å². The van der Waals surface area contributed by atoms with Crippen molar-refractivity contribution in [2.75, 3.05) is 11.5 Å². The lowest BCUT2D eigenvalue weighted by Crippen LogP contribution is -2.66. The summed E-state index contributed by atoms with van der Waals surface area (Å²) >= 11 is 0. The molecule has 1 aliphatic heterocycles. The molecule has 1 heterocycles. The van der Waals surface area contributed by atoms with Crippen LogP contribution in [0, 0.1) is 29.4 Å². The van der Waals surface area contributed by atoms with Crippen molar-refractivity contribution in [3.05, 3.63) is 101 Å². The minimum atomic E-state index is -4.48. The fourth-order valence-electron chi connectivity index (χ4n) is 6.38. The van der Waals surface area contributed by atoms with Gasteiger partial charge in [0.15, 0.2) is 0 Å². The van der Waals surface area contributed by atoms with Crippen molar-refractivity contribution in [2.24, 2.45) is 17.8 Å². The third kappa shape index (κ3) is 5.83. The number of alkyl halides is 4. The second-order valence-electron chi connectivity index (χ2n) is 11.5. The molecule has 7 nitrogen and oxygen atoms in total. The fraction of sp³-hybridized carbons (Fsp3) is 0.406. The van der Waals surface area contributed by atoms with E-state index in [2.05, 4.69) is 0 Å². The Labute approximate surface area is 254 Å². The Balaban J connectivity index is 1.43. The molecule has 0 spiro atoms. The zero-order chi connectivity index (χ0) is 32.8. The molecular weight excluding hydrogens is 608 g/mol. The van der Waals surface area contributed by atoms with Crippen molar-refractivity contribution in [3.63, 3.8) is 0 Å². The topological polar surface area (TPSA) is 121 Å². The summed E-state index contributed by atoms with van der Waals surface area (Å²) in [6, 6.07) is 13.5. The van der Waals surface area contributed by atoms with E-state index in [4.69, 9.17) is 0 Å². The molecule has 0 aromatic heterocycles. The summed E-state index contributed by atoms with van der Waals surface area (Å²) in [6.07, 6.45) is -8.28. The van der Waals surface area contributed by atoms with Crippen LogP contribution in [0.15, 0.2) is 72.8 Å². The molecule has 3 aromatic rings. The van der Waals surface area contributed by atoms with E-state index in [0.717, 1.165) is 24.3 Å². The molecule has 13 heteroatoms. The van der Waals surface area contributed by atoms with Gasteiger partial charge in [-0.3, -0.25) is 4.79 Å². The highest BCUT2D eigenvalue weighted by molar-refractivity contribution is 6.03. The van der Waals surface area contributed by atoms with Crippen molar-refractivity contribution >= 4 is 11.6 Å². The number of amides is 1. The number of carbonyl (C=O) groups is 1. The Morgan fingerprint density at radius 2 is 1.38 bits per heavy atom. The second kappa shape index (κ2) is 12.4. The lowest BCUT2D eigenvalue weighted by molar-refractivity contribution is -0.302. The largest absolute Gasteiger partial charge is 0.396 e. The number of β-lactam (4-membered cyclic amide) rings is 1. The summed E-state index contributed by atoms with van der Waals surface area (Å²) < 4.78 is 88.5. The van der Waals surface area contributed by atoms with Gasteiger partial charge in [-0.1, -0.05) is 36.4 Å². The molecule has 5 N–H and O–H groups in total. The van der Waals surface area contributed by atoms with Gasteiger partial charge in [-0.05, 0) is 60.4 Å². The minimum Gasteiger partial charge on any atom is -0.396 e. The summed E-state index contributed by atoms with van der Waals surface area (Å²) in [6.45, 7) is -1.42. The standard InChI is InChI=1S/C32H31F6NO6/c33-19-7-3-16(4-8-19)24(41)14-13-22-25(39(30(22)45)21-11-9-20(34)10-12-21)17-1-5-18(6-2-17)31(35,36)29-28(44)27(43)26(42)23(15-40)32(29,37)38/h1-12,22-29,40-44H,13-15H2/t22-,23-,24+,25-,26-,27+,28-,29-/m1/s1. The molecule has 2 fully saturated rings. The SMILES string of the molecule is O=C1[C@H](CC[C@H](O)c2ccc(F)cc2)[C@@H](c2ccc(C(F)(F)[C@H]3[C@H](O)[C@@H](O)[C@H](O)[C@@H](CO)C3(F)F)cc2)N1c1ccc(F)cc1. The van der Waals surface area contributed by atoms with Gasteiger partial charge < -0.3 is 30.4 Å². The van der Waals surface area contributed by atoms with Gasteiger partial charge in [-0.15, -0.1) is 0 Å². The lowest BCUT2D eigenvalue weighted by Gasteiger charge is -2.48. The predicted octanol–water partition coefficient (Wildman–Crippen LogP) is 4.23. The van der Waals surface area contributed by atoms with E-state index >= 15 is 17.6 Å². The van der Waals surface area contributed by atoms with Gasteiger partial charge in [-0.2, -0.15) is 0 Å². The highest BCUT2D eigenvalue weighted by Gasteiger charge is 2.68. The average molecular weight is 640 g/mol. The van der Waals surface area contributed by atoms with E-state index in [1.807, 2.05) is 0 Å². The van der Waals surface area contributed by atoms with Crippen molar-refractivity contribution in [1.29, 1.82) is 0 Å². The summed E-state index contributed by atoms with van der Waals surface area (Å²) in [5.41, 5.74) is 0.102. The van der Waals surface area contributed by atoms with Gasteiger partial charge in [0.25, 0.3) is 11.8 Å². The van der Waals surface area contributed by atoms with Crippen LogP contribution in [-0.2, 0) is 10.7 Å². The minimum absolute atomic E-state index is 0.0841. The average Bonchev–Trinajstić information content (AvgIpc) is 3.00. The number of aliphatic hydroxyl groups is 5.